The van der Waals surface area contributed by atoms with Crippen LogP contribution in [0, 0.1) is 5.92 Å². The minimum absolute atomic E-state index is 0.264. The van der Waals surface area contributed by atoms with Crippen LogP contribution in [0.15, 0.2) is 0 Å². The van der Waals surface area contributed by atoms with Gasteiger partial charge in [0.2, 0.25) is 0 Å². The van der Waals surface area contributed by atoms with Crippen molar-refractivity contribution < 1.29 is 24.1 Å². The first-order valence-electron chi connectivity index (χ1n) is 3.12. The summed E-state index contributed by atoms with van der Waals surface area (Å²) in [6.07, 6.45) is 2.12. The second-order valence-corrected chi connectivity index (χ2v) is 3.45. The fourth-order valence-electron chi connectivity index (χ4n) is 0.521. The van der Waals surface area contributed by atoms with Gasteiger partial charge in [0.1, 0.15) is 0 Å². The summed E-state index contributed by atoms with van der Waals surface area (Å²) < 4.78 is 2.18. The first-order valence-corrected chi connectivity index (χ1v) is 4.82. The number of hydrogen-bond donors (Lipinski definition) is 0. The molecule has 1 atom stereocenters. The number of Topliss-reactive ketones (excluding diaryl/α,β-unsaturated/α-hetero) is 1. The molecule has 0 N–H and O–H groups in total. The minimum atomic E-state index is 0.264. The predicted octanol–water partition coefficient (Wildman–Crippen LogP) is 1.34. The normalized spacial score (nSPS) is 12.7. The number of hydrogen-bond acceptors (Lipinski definition) is 1. The summed E-state index contributed by atoms with van der Waals surface area (Å²) in [7, 11) is 0. The molecule has 0 aromatic rings. The summed E-state index contributed by atoms with van der Waals surface area (Å²) in [5.74, 6) is 0.576. The van der Waals surface area contributed by atoms with E-state index in [0.29, 0.717) is 5.78 Å². The first-order chi connectivity index (χ1) is 4.18. The molecule has 0 aliphatic rings. The summed E-state index contributed by atoms with van der Waals surface area (Å²) in [4.78, 5) is 10.6. The van der Waals surface area contributed by atoms with E-state index in [1.807, 2.05) is 6.92 Å². The van der Waals surface area contributed by atoms with E-state index in [9.17, 15) is 4.79 Å². The van der Waals surface area contributed by atoms with Crippen molar-refractivity contribution in [2.24, 2.45) is 5.92 Å². The van der Waals surface area contributed by atoms with Crippen LogP contribution < -0.4 is 0 Å². The van der Waals surface area contributed by atoms with E-state index in [-0.39, 0.29) is 5.92 Å². The third-order valence-corrected chi connectivity index (χ3v) is 2.26. The Labute approximate surface area is 67.2 Å². The van der Waals surface area contributed by atoms with Crippen LogP contribution in [0.3, 0.4) is 0 Å². The molecule has 0 saturated heterocycles. The van der Waals surface area contributed by atoms with Gasteiger partial charge >= 0.3 is 66.9 Å². The summed E-state index contributed by atoms with van der Waals surface area (Å²) in [5.41, 5.74) is 0. The molecule has 2 heteroatoms. The molecule has 0 aliphatic carbocycles. The number of ketones is 1. The van der Waals surface area contributed by atoms with Crippen molar-refractivity contribution in [3.63, 3.8) is 0 Å². The van der Waals surface area contributed by atoms with E-state index >= 15 is 0 Å². The van der Waals surface area contributed by atoms with Crippen molar-refractivity contribution in [1.29, 1.82) is 0 Å². The average molecular weight is 296 g/mol. The van der Waals surface area contributed by atoms with Crippen LogP contribution in [-0.4, -0.2) is 10.2 Å². The van der Waals surface area contributed by atoms with Crippen LogP contribution in [0.2, 0.25) is 0 Å². The fraction of sp³-hybridized carbons (Fsp3) is 0.714. The number of carbonyl (C=O) groups excluding carboxylic acids is 1. The molecule has 9 heavy (non-hydrogen) atoms. The molecule has 0 spiro atoms. The molecule has 0 radical (unpaired) electrons. The van der Waals surface area contributed by atoms with Gasteiger partial charge in [-0.2, -0.15) is 0 Å². The third-order valence-electron chi connectivity index (χ3n) is 1.41. The zero-order chi connectivity index (χ0) is 7.28. The number of carbonyl (C=O) groups is 1. The van der Waals surface area contributed by atoms with Crippen LogP contribution >= 0.6 is 0 Å². The third kappa shape index (κ3) is 4.71. The second-order valence-electron chi connectivity index (χ2n) is 2.26. The monoisotopic (exact) mass is 296 g/mol. The van der Waals surface area contributed by atoms with Crippen molar-refractivity contribution in [2.45, 2.75) is 26.7 Å². The first kappa shape index (κ1) is 9.23. The van der Waals surface area contributed by atoms with Crippen molar-refractivity contribution in [1.82, 2.24) is 0 Å². The van der Waals surface area contributed by atoms with Gasteiger partial charge in [-0.15, -0.1) is 0 Å². The summed E-state index contributed by atoms with van der Waals surface area (Å²) in [6.45, 7) is 3.65. The van der Waals surface area contributed by atoms with Gasteiger partial charge in [-0.05, 0) is 0 Å². The molecule has 0 bridgehead atoms. The van der Waals surface area contributed by atoms with Gasteiger partial charge in [0, 0.05) is 0 Å². The molecule has 0 aromatic carbocycles. The molecule has 0 saturated carbocycles. The Kier molecular flexibility index (Phi) is 5.18. The van der Waals surface area contributed by atoms with E-state index in [2.05, 4.69) is 4.40 Å². The maximum atomic E-state index is 10.6. The Morgan fingerprint density at radius 3 is 2.67 bits per heavy atom. The SMILES string of the molecule is CC(=O)C(C)CC[CH]=[W]. The van der Waals surface area contributed by atoms with Crippen molar-refractivity contribution in [3.05, 3.63) is 0 Å². The van der Waals surface area contributed by atoms with E-state index in [1.54, 1.807) is 6.92 Å². The zero-order valence-electron chi connectivity index (χ0n) is 5.89. The summed E-state index contributed by atoms with van der Waals surface area (Å²) >= 11 is 1.50. The van der Waals surface area contributed by atoms with Crippen LogP contribution in [-0.2, 0) is 24.1 Å². The number of rotatable bonds is 4. The van der Waals surface area contributed by atoms with E-state index in [4.69, 9.17) is 0 Å². The van der Waals surface area contributed by atoms with Gasteiger partial charge < -0.3 is 0 Å². The molecule has 0 aliphatic heterocycles. The van der Waals surface area contributed by atoms with Crippen molar-refractivity contribution in [2.75, 3.05) is 0 Å². The van der Waals surface area contributed by atoms with Gasteiger partial charge in [-0.3, -0.25) is 0 Å². The van der Waals surface area contributed by atoms with E-state index in [0.717, 1.165) is 12.8 Å². The van der Waals surface area contributed by atoms with Gasteiger partial charge in [0.05, 0.1) is 0 Å². The molecular formula is C7H12OW. The van der Waals surface area contributed by atoms with Crippen LogP contribution in [0.5, 0.6) is 0 Å². The average Bonchev–Trinajstić information content (AvgIpc) is 1.82. The Balaban J connectivity index is 3.37. The topological polar surface area (TPSA) is 17.1 Å². The Bertz CT molecular complexity index is 109. The van der Waals surface area contributed by atoms with Gasteiger partial charge in [0.15, 0.2) is 0 Å². The van der Waals surface area contributed by atoms with Crippen molar-refractivity contribution in [3.8, 4) is 0 Å². The molecule has 0 aromatic heterocycles. The summed E-state index contributed by atoms with van der Waals surface area (Å²) in [5, 5.41) is 0. The molecule has 0 fully saturated rings. The van der Waals surface area contributed by atoms with Crippen molar-refractivity contribution >= 4 is 10.2 Å². The molecule has 0 rings (SSSR count). The van der Waals surface area contributed by atoms with Gasteiger partial charge in [0.25, 0.3) is 0 Å². The predicted molar refractivity (Wildman–Crippen MR) is 35.1 cm³/mol. The molecule has 0 amide bonds. The molecule has 1 nitrogen and oxygen atoms in total. The van der Waals surface area contributed by atoms with Gasteiger partial charge in [-0.25, -0.2) is 0 Å². The van der Waals surface area contributed by atoms with Gasteiger partial charge in [-0.1, -0.05) is 0 Å². The Hall–Kier alpha value is 0.228. The van der Waals surface area contributed by atoms with E-state index < -0.39 is 0 Å². The fourth-order valence-corrected chi connectivity index (χ4v) is 1.01. The quantitative estimate of drug-likeness (QED) is 0.765. The molecule has 52 valence electrons. The Morgan fingerprint density at radius 2 is 2.33 bits per heavy atom. The van der Waals surface area contributed by atoms with E-state index in [1.165, 1.54) is 19.4 Å². The standard InChI is InChI=1S/C7H12O.W/c1-4-5-6(2)7(3)8;/h1,6H,4-5H2,2-3H3;. The van der Waals surface area contributed by atoms with Crippen LogP contribution in [0.4, 0.5) is 0 Å². The van der Waals surface area contributed by atoms with Crippen LogP contribution in [0.25, 0.3) is 0 Å². The molecule has 0 heterocycles. The van der Waals surface area contributed by atoms with Crippen LogP contribution in [0.1, 0.15) is 26.7 Å². The Morgan fingerprint density at radius 1 is 1.78 bits per heavy atom. The maximum absolute atomic E-state index is 10.6. The summed E-state index contributed by atoms with van der Waals surface area (Å²) in [6, 6.07) is 0. The molecular weight excluding hydrogens is 284 g/mol. The zero-order valence-corrected chi connectivity index (χ0v) is 8.82. The molecule has 1 unspecified atom stereocenters. The second kappa shape index (κ2) is 5.05.